The smallest absolute Gasteiger partial charge is 0.412 e. The molecule has 4 aromatic carbocycles. The number of nitrogen functional groups attached to an aromatic ring is 1. The zero-order chi connectivity index (χ0) is 55.5. The minimum Gasteiger partial charge on any atom is -0.453 e. The van der Waals surface area contributed by atoms with E-state index >= 15 is 0 Å². The van der Waals surface area contributed by atoms with Gasteiger partial charge in [-0.2, -0.15) is 0 Å². The quantitative estimate of drug-likeness (QED) is 0.0304. The number of amides is 2. The molecule has 0 fully saturated rings. The lowest BCUT2D eigenvalue weighted by Gasteiger charge is -2.15. The van der Waals surface area contributed by atoms with Gasteiger partial charge in [-0.05, 0) is 48.0 Å². The van der Waals surface area contributed by atoms with Crippen LogP contribution >= 0.6 is 0 Å². The van der Waals surface area contributed by atoms with Crippen LogP contribution in [0, 0.1) is 34.9 Å². The van der Waals surface area contributed by atoms with Crippen LogP contribution in [0.25, 0.3) is 33.1 Å². The lowest BCUT2D eigenvalue weighted by Crippen LogP contribution is -2.15. The molecule has 2 amide bonds. The molecule has 0 saturated heterocycles. The van der Waals surface area contributed by atoms with Gasteiger partial charge in [0.25, 0.3) is 16.7 Å². The van der Waals surface area contributed by atoms with Crippen molar-refractivity contribution in [2.75, 3.05) is 23.5 Å². The van der Waals surface area contributed by atoms with Crippen LogP contribution in [0.15, 0.2) is 125 Å². The molecule has 6 heterocycles. The number of aromatic nitrogens is 9. The van der Waals surface area contributed by atoms with Crippen molar-refractivity contribution in [1.82, 2.24) is 44.9 Å². The Hall–Kier alpha value is -10.6. The SMILES string of the molecule is COC(=O)Nc1ccc(F)c(C(O)c2c[nH]c3nc[nH]c(=O)c23)c1F.Nc1ccc(F)c(C(=O)c2c[nH]c3nc[nH]c(=O)c23)c1F.O=Cc1c(F)ccc(NC(=O)OCc2ccccc2)c1F.O=c1[nH]cnc2[nH]ccc12. The van der Waals surface area contributed by atoms with E-state index in [-0.39, 0.29) is 68.7 Å². The summed E-state index contributed by atoms with van der Waals surface area (Å²) in [6, 6.07) is 16.3. The summed E-state index contributed by atoms with van der Waals surface area (Å²) in [5, 5.41) is 15.2. The van der Waals surface area contributed by atoms with Crippen LogP contribution in [0.4, 0.5) is 53.0 Å². The number of carbonyl (C=O) groups excluding carboxylic acids is 4. The van der Waals surface area contributed by atoms with E-state index in [1.807, 2.05) is 6.07 Å². The number of benzene rings is 4. The number of ether oxygens (including phenoxy) is 2. The molecule has 0 saturated carbocycles. The van der Waals surface area contributed by atoms with Crippen LogP contribution in [-0.2, 0) is 16.1 Å². The second kappa shape index (κ2) is 23.9. The van der Waals surface area contributed by atoms with Crippen LogP contribution in [0.1, 0.15) is 49.1 Å². The minimum absolute atomic E-state index is 0.00995. The highest BCUT2D eigenvalue weighted by atomic mass is 19.2. The fourth-order valence-corrected chi connectivity index (χ4v) is 7.03. The first-order valence-electron chi connectivity index (χ1n) is 21.7. The average Bonchev–Trinajstić information content (AvgIpc) is 4.21. The number of H-pyrrole nitrogens is 6. The molecule has 0 aliphatic rings. The summed E-state index contributed by atoms with van der Waals surface area (Å²) in [6.45, 7) is 0.00995. The lowest BCUT2D eigenvalue weighted by molar-refractivity contribution is 0.103. The highest BCUT2D eigenvalue weighted by Gasteiger charge is 2.27. The van der Waals surface area contributed by atoms with Gasteiger partial charge in [-0.3, -0.25) is 34.6 Å². The normalized spacial score (nSPS) is 11.0. The summed E-state index contributed by atoms with van der Waals surface area (Å²) >= 11 is 0. The lowest BCUT2D eigenvalue weighted by atomic mass is 10.00. The molecule has 28 heteroatoms. The van der Waals surface area contributed by atoms with Crippen LogP contribution in [0.5, 0.6) is 0 Å². The fourth-order valence-electron chi connectivity index (χ4n) is 7.03. The van der Waals surface area contributed by atoms with Gasteiger partial charge in [-0.1, -0.05) is 30.3 Å². The summed E-state index contributed by atoms with van der Waals surface area (Å²) in [5.74, 6) is -7.56. The molecule has 0 aliphatic heterocycles. The number of hydrogen-bond acceptors (Lipinski definition) is 14. The van der Waals surface area contributed by atoms with E-state index < -0.39 is 86.8 Å². The third-order valence-electron chi connectivity index (χ3n) is 10.7. The summed E-state index contributed by atoms with van der Waals surface area (Å²) in [5.41, 5.74) is 2.20. The van der Waals surface area contributed by atoms with E-state index in [1.165, 1.54) is 18.7 Å². The maximum atomic E-state index is 14.6. The molecule has 0 aliphatic carbocycles. The van der Waals surface area contributed by atoms with Crippen LogP contribution in [0.2, 0.25) is 0 Å². The zero-order valence-corrected chi connectivity index (χ0v) is 39.1. The summed E-state index contributed by atoms with van der Waals surface area (Å²) in [4.78, 5) is 107. The van der Waals surface area contributed by atoms with Gasteiger partial charge in [-0.15, -0.1) is 0 Å². The molecule has 10 aromatic rings. The number of carbonyl (C=O) groups is 4. The molecular formula is C49H36F6N12O10. The Labute approximate surface area is 424 Å². The summed E-state index contributed by atoms with van der Waals surface area (Å²) in [6.07, 6.45) is 4.16. The number of anilines is 3. The zero-order valence-electron chi connectivity index (χ0n) is 39.1. The molecule has 10 rings (SSSR count). The molecule has 22 nitrogen and oxygen atoms in total. The van der Waals surface area contributed by atoms with E-state index in [0.29, 0.717) is 11.0 Å². The summed E-state index contributed by atoms with van der Waals surface area (Å²) < 4.78 is 92.5. The van der Waals surface area contributed by atoms with Crippen molar-refractivity contribution in [2.45, 2.75) is 12.7 Å². The maximum Gasteiger partial charge on any atom is 0.412 e. The largest absolute Gasteiger partial charge is 0.453 e. The van der Waals surface area contributed by atoms with Crippen LogP contribution in [0.3, 0.4) is 0 Å². The molecule has 394 valence electrons. The number of rotatable bonds is 9. The van der Waals surface area contributed by atoms with E-state index in [9.17, 15) is 65.0 Å². The highest BCUT2D eigenvalue weighted by Crippen LogP contribution is 2.33. The average molecular weight is 1070 g/mol. The Morgan fingerprint density at radius 1 is 0.662 bits per heavy atom. The van der Waals surface area contributed by atoms with Crippen molar-refractivity contribution in [3.63, 3.8) is 0 Å². The van der Waals surface area contributed by atoms with Crippen LogP contribution < -0.4 is 33.0 Å². The minimum atomic E-state index is -1.81. The van der Waals surface area contributed by atoms with E-state index in [0.717, 1.165) is 61.7 Å². The number of halogens is 6. The van der Waals surface area contributed by atoms with E-state index in [4.69, 9.17) is 10.5 Å². The Morgan fingerprint density at radius 3 is 1.91 bits per heavy atom. The Balaban J connectivity index is 0.000000154. The fraction of sp³-hybridized carbons (Fsp3) is 0.0612. The van der Waals surface area contributed by atoms with Gasteiger partial charge in [0.15, 0.2) is 23.7 Å². The molecule has 0 radical (unpaired) electrons. The van der Waals surface area contributed by atoms with Crippen molar-refractivity contribution in [3.05, 3.63) is 210 Å². The van der Waals surface area contributed by atoms with Crippen molar-refractivity contribution in [2.24, 2.45) is 0 Å². The molecule has 6 aromatic heterocycles. The number of ketones is 1. The number of nitrogens with one attached hydrogen (secondary N) is 8. The van der Waals surface area contributed by atoms with Gasteiger partial charge in [0.1, 0.15) is 47.1 Å². The highest BCUT2D eigenvalue weighted by molar-refractivity contribution is 6.16. The van der Waals surface area contributed by atoms with Gasteiger partial charge < -0.3 is 50.2 Å². The number of aliphatic hydroxyl groups excluding tert-OH is 1. The first-order valence-corrected chi connectivity index (χ1v) is 21.7. The molecule has 0 spiro atoms. The van der Waals surface area contributed by atoms with Gasteiger partial charge in [0, 0.05) is 24.2 Å². The molecule has 1 atom stereocenters. The van der Waals surface area contributed by atoms with E-state index in [2.05, 4.69) is 60.2 Å². The van der Waals surface area contributed by atoms with Gasteiger partial charge in [0.05, 0.1) is 81.6 Å². The Kier molecular flexibility index (Phi) is 16.8. The molecule has 77 heavy (non-hydrogen) atoms. The topological polar surface area (TPSA) is 342 Å². The van der Waals surface area contributed by atoms with Gasteiger partial charge in [-0.25, -0.2) is 50.9 Å². The number of aromatic amines is 6. The van der Waals surface area contributed by atoms with Gasteiger partial charge >= 0.3 is 12.2 Å². The number of methoxy groups -OCH3 is 1. The molecule has 11 N–H and O–H groups in total. The van der Waals surface area contributed by atoms with Gasteiger partial charge in [0.2, 0.25) is 5.78 Å². The van der Waals surface area contributed by atoms with Crippen molar-refractivity contribution < 1.29 is 60.1 Å². The number of nitrogens with two attached hydrogens (primary N) is 1. The number of hydrogen-bond donors (Lipinski definition) is 10. The Morgan fingerprint density at radius 2 is 1.25 bits per heavy atom. The monoisotopic (exact) mass is 1070 g/mol. The number of aliphatic hydroxyl groups is 1. The number of fused-ring (bicyclic) bond motifs is 3. The third kappa shape index (κ3) is 12.1. The summed E-state index contributed by atoms with van der Waals surface area (Å²) in [7, 11) is 1.08. The van der Waals surface area contributed by atoms with Crippen molar-refractivity contribution >= 4 is 74.4 Å². The Bertz CT molecular complexity index is 4010. The van der Waals surface area contributed by atoms with E-state index in [1.54, 1.807) is 36.5 Å². The molecule has 1 unspecified atom stereocenters. The van der Waals surface area contributed by atoms with Crippen molar-refractivity contribution in [3.8, 4) is 0 Å². The van der Waals surface area contributed by atoms with Crippen molar-refractivity contribution in [1.29, 1.82) is 0 Å². The number of nitrogens with zero attached hydrogens (tertiary/aromatic N) is 3. The first-order chi connectivity index (χ1) is 36.9. The standard InChI is InChI=1S/C15H12F2N4O4.C15H11F2NO3.C13H8F2N4O2.C6H5N3O/c1-25-15(24)21-8-3-2-7(16)10(11(8)17)12(22)6-4-18-13-9(6)14(23)20-5-19-13;16-12-6-7-13(14(17)11(12)8-19)18-15(20)21-9-10-4-2-1-3-5-10;14-6-1-2-7(16)10(15)9(6)11(20)5-3-17-12-8(5)13(21)19-4-18-12;10-6-4-1-2-7-5(4)8-3-9-6/h2-5,12,22H,1H3,(H,21,24)(H2,18,19,20,23);1-8H,9H2,(H,18,20);1-4H,16H2,(H2,17,18,19,21);1-3H,(H2,7,8,9,10). The third-order valence-corrected chi connectivity index (χ3v) is 10.7. The molecular weight excluding hydrogens is 1030 g/mol. The van der Waals surface area contributed by atoms with Crippen LogP contribution in [-0.4, -0.2) is 81.3 Å². The first kappa shape index (κ1) is 54.1. The predicted molar refractivity (Wildman–Crippen MR) is 263 cm³/mol. The second-order valence-corrected chi connectivity index (χ2v) is 15.5. The maximum absolute atomic E-state index is 14.6. The predicted octanol–water partition coefficient (Wildman–Crippen LogP) is 6.91. The number of aldehydes is 1. The molecule has 0 bridgehead atoms. The second-order valence-electron chi connectivity index (χ2n) is 15.5.